The van der Waals surface area contributed by atoms with E-state index in [0.29, 0.717) is 30.3 Å². The maximum atomic E-state index is 12.3. The van der Waals surface area contributed by atoms with Crippen LogP contribution in [0.15, 0.2) is 29.1 Å². The van der Waals surface area contributed by atoms with E-state index in [2.05, 4.69) is 31.2 Å². The first-order valence-corrected chi connectivity index (χ1v) is 11.1. The van der Waals surface area contributed by atoms with Gasteiger partial charge in [-0.05, 0) is 30.7 Å². The molecule has 2 aromatic rings. The third kappa shape index (κ3) is 9.04. The number of amides is 2. The van der Waals surface area contributed by atoms with E-state index in [9.17, 15) is 24.0 Å². The van der Waals surface area contributed by atoms with Gasteiger partial charge in [-0.25, -0.2) is 4.79 Å². The fraction of sp³-hybridized carbons (Fsp3) is 0.364. The Morgan fingerprint density at radius 1 is 1.24 bits per heavy atom. The van der Waals surface area contributed by atoms with Crippen LogP contribution in [0.2, 0.25) is 0 Å². The number of carboxylic acids is 2. The lowest BCUT2D eigenvalue weighted by Gasteiger charge is -2.27. The molecule has 200 valence electrons. The van der Waals surface area contributed by atoms with Crippen molar-refractivity contribution in [1.82, 2.24) is 20.2 Å². The molecule has 1 aliphatic rings. The van der Waals surface area contributed by atoms with Crippen molar-refractivity contribution in [3.63, 3.8) is 0 Å². The second kappa shape index (κ2) is 13.3. The molecule has 0 saturated carbocycles. The zero-order valence-corrected chi connectivity index (χ0v) is 20.3. The monoisotopic (exact) mass is 518 g/mol. The van der Waals surface area contributed by atoms with Crippen LogP contribution in [0.3, 0.4) is 0 Å². The van der Waals surface area contributed by atoms with Gasteiger partial charge in [0, 0.05) is 44.9 Å². The topological polar surface area (TPSA) is 232 Å². The predicted molar refractivity (Wildman–Crippen MR) is 136 cm³/mol. The number of carbonyl (C=O) groups excluding carboxylic acids is 2. The first kappa shape index (κ1) is 28.4. The highest BCUT2D eigenvalue weighted by Gasteiger charge is 2.22. The Morgan fingerprint density at radius 2 is 1.89 bits per heavy atom. The first-order valence-electron chi connectivity index (χ1n) is 11.1. The van der Waals surface area contributed by atoms with E-state index in [1.54, 1.807) is 26.2 Å². The minimum Gasteiger partial charge on any atom is -0.481 e. The Hall–Kier alpha value is -4.82. The number of nitrogen functional groups attached to an aromatic ring is 1. The van der Waals surface area contributed by atoms with Gasteiger partial charge >= 0.3 is 11.9 Å². The second-order valence-corrected chi connectivity index (χ2v) is 8.22. The third-order valence-electron chi connectivity index (χ3n) is 4.97. The Labute approximate surface area is 211 Å². The maximum absolute atomic E-state index is 12.3. The van der Waals surface area contributed by atoms with Crippen molar-refractivity contribution in [2.24, 2.45) is 0 Å². The summed E-state index contributed by atoms with van der Waals surface area (Å²) in [5.41, 5.74) is 6.31. The zero-order valence-electron chi connectivity index (χ0n) is 20.3. The Morgan fingerprint density at radius 3 is 2.46 bits per heavy atom. The number of fused-ring (bicyclic) bond motifs is 1. The molecule has 15 nitrogen and oxygen atoms in total. The van der Waals surface area contributed by atoms with Crippen LogP contribution in [0.5, 0.6) is 0 Å². The van der Waals surface area contributed by atoms with E-state index in [4.69, 9.17) is 15.9 Å². The number of aromatic nitrogens is 2. The number of anilines is 4. The molecular weight excluding hydrogens is 488 g/mol. The maximum Gasteiger partial charge on any atom is 0.326 e. The van der Waals surface area contributed by atoms with Gasteiger partial charge in [0.2, 0.25) is 12.4 Å². The van der Waals surface area contributed by atoms with Crippen molar-refractivity contribution >= 4 is 47.4 Å². The molecule has 0 unspecified atom stereocenters. The van der Waals surface area contributed by atoms with Crippen LogP contribution in [0, 0.1) is 0 Å². The van der Waals surface area contributed by atoms with Crippen LogP contribution in [-0.4, -0.2) is 88.6 Å². The quantitative estimate of drug-likeness (QED) is 0.185. The van der Waals surface area contributed by atoms with Crippen molar-refractivity contribution in [3.05, 3.63) is 40.2 Å². The van der Waals surface area contributed by atoms with Gasteiger partial charge in [0.15, 0.2) is 0 Å². The average Bonchev–Trinajstić information content (AvgIpc) is 2.85. The number of aromatic amines is 1. The normalized spacial score (nSPS) is 14.3. The Kier molecular flexibility index (Phi) is 10.2. The number of carbonyl (C=O) groups is 4. The molecule has 15 heteroatoms. The van der Waals surface area contributed by atoms with Gasteiger partial charge in [-0.1, -0.05) is 0 Å². The molecule has 0 aliphatic carbocycles. The molecule has 0 radical (unpaired) electrons. The number of hydrogen-bond donors (Lipinski definition) is 8. The second-order valence-electron chi connectivity index (χ2n) is 8.22. The summed E-state index contributed by atoms with van der Waals surface area (Å²) in [7, 11) is 3.38. The molecule has 1 aliphatic heterocycles. The van der Waals surface area contributed by atoms with Gasteiger partial charge in [-0.15, -0.1) is 0 Å². The predicted octanol–water partition coefficient (Wildman–Crippen LogP) is -0.578. The standard InChI is InChI=1S/C19H23N7O6.C3H7NO/c20-19-25-15-14(17(30)26-19)23-11(8-22-15)7-21-10-3-1-9(2-4-10)16(29)24-12(18(31)32)5-6-13(27)28;1-4(2)3-5/h1-4,11-12,21,23H,5-8H2,(H,24,29)(H,27,28)(H,31,32)(H4,20,22,25,26,30);3H,1-2H3/t11-,12+;/m1./s1. The number of rotatable bonds is 10. The minimum absolute atomic E-state index is 0.0281. The van der Waals surface area contributed by atoms with Gasteiger partial charge < -0.3 is 47.1 Å². The Bertz CT molecular complexity index is 1170. The third-order valence-corrected chi connectivity index (χ3v) is 4.97. The molecule has 2 atom stereocenters. The van der Waals surface area contributed by atoms with Gasteiger partial charge in [-0.3, -0.25) is 19.2 Å². The largest absolute Gasteiger partial charge is 0.481 e. The number of benzene rings is 1. The molecule has 0 fully saturated rings. The highest BCUT2D eigenvalue weighted by atomic mass is 16.4. The summed E-state index contributed by atoms with van der Waals surface area (Å²) in [5, 5.41) is 29.5. The molecule has 9 N–H and O–H groups in total. The number of nitrogens with zero attached hydrogens (tertiary/aromatic N) is 2. The minimum atomic E-state index is -1.30. The van der Waals surface area contributed by atoms with E-state index in [1.807, 2.05) is 0 Å². The number of H-pyrrole nitrogens is 1. The summed E-state index contributed by atoms with van der Waals surface area (Å²) in [6, 6.07) is 4.93. The number of nitrogens with two attached hydrogens (primary N) is 1. The van der Waals surface area contributed by atoms with E-state index < -0.39 is 29.4 Å². The lowest BCUT2D eigenvalue weighted by atomic mass is 10.1. The fourth-order valence-electron chi connectivity index (χ4n) is 3.11. The van der Waals surface area contributed by atoms with Gasteiger partial charge in [0.25, 0.3) is 11.5 Å². The van der Waals surface area contributed by atoms with Crippen molar-refractivity contribution in [2.45, 2.75) is 24.9 Å². The molecule has 2 amide bonds. The fourth-order valence-corrected chi connectivity index (χ4v) is 3.11. The van der Waals surface area contributed by atoms with E-state index in [-0.39, 0.29) is 30.4 Å². The molecule has 0 spiro atoms. The SMILES string of the molecule is CN(C)C=O.Nc1nc(=O)c2c([nH]1)NC[C@@H](CNc1ccc(C(=O)N[C@@H](CCC(=O)O)C(=O)O)cc1)N2. The molecule has 0 bridgehead atoms. The molecule has 0 saturated heterocycles. The lowest BCUT2D eigenvalue weighted by molar-refractivity contribution is -0.140. The van der Waals surface area contributed by atoms with Crippen LogP contribution >= 0.6 is 0 Å². The van der Waals surface area contributed by atoms with Gasteiger partial charge in [-0.2, -0.15) is 4.98 Å². The summed E-state index contributed by atoms with van der Waals surface area (Å²) in [6.45, 7) is 0.977. The van der Waals surface area contributed by atoms with E-state index in [0.717, 1.165) is 6.41 Å². The van der Waals surface area contributed by atoms with Crippen LogP contribution in [0.25, 0.3) is 0 Å². The van der Waals surface area contributed by atoms with Crippen LogP contribution in [0.4, 0.5) is 23.1 Å². The van der Waals surface area contributed by atoms with Crippen molar-refractivity contribution in [3.8, 4) is 0 Å². The molecule has 2 heterocycles. The van der Waals surface area contributed by atoms with Gasteiger partial charge in [0.05, 0.1) is 6.04 Å². The summed E-state index contributed by atoms with van der Waals surface area (Å²) in [5.74, 6) is -2.55. The number of aliphatic carboxylic acids is 2. The van der Waals surface area contributed by atoms with Crippen molar-refractivity contribution in [1.29, 1.82) is 0 Å². The summed E-state index contributed by atoms with van der Waals surface area (Å²) in [6.07, 6.45) is 0.163. The highest BCUT2D eigenvalue weighted by Crippen LogP contribution is 2.20. The first-order chi connectivity index (χ1) is 17.5. The Balaban J connectivity index is 0.000000877. The van der Waals surface area contributed by atoms with Gasteiger partial charge in [0.1, 0.15) is 17.5 Å². The van der Waals surface area contributed by atoms with Crippen molar-refractivity contribution in [2.75, 3.05) is 48.9 Å². The smallest absolute Gasteiger partial charge is 0.326 e. The molecule has 1 aromatic heterocycles. The number of carboxylic acid groups (broad SMARTS) is 2. The lowest BCUT2D eigenvalue weighted by Crippen LogP contribution is -2.41. The van der Waals surface area contributed by atoms with Crippen LogP contribution in [0.1, 0.15) is 23.2 Å². The molecule has 1 aromatic carbocycles. The molecular formula is C22H30N8O7. The molecule has 37 heavy (non-hydrogen) atoms. The van der Waals surface area contributed by atoms with E-state index in [1.165, 1.54) is 17.0 Å². The van der Waals surface area contributed by atoms with E-state index >= 15 is 0 Å². The summed E-state index contributed by atoms with van der Waals surface area (Å²) < 4.78 is 0. The summed E-state index contributed by atoms with van der Waals surface area (Å²) in [4.78, 5) is 63.4. The molecule has 3 rings (SSSR count). The number of nitrogens with one attached hydrogen (secondary N) is 5. The van der Waals surface area contributed by atoms with Crippen LogP contribution in [-0.2, 0) is 14.4 Å². The highest BCUT2D eigenvalue weighted by molar-refractivity contribution is 5.97. The number of hydrogen-bond acceptors (Lipinski definition) is 10. The average molecular weight is 519 g/mol. The van der Waals surface area contributed by atoms with Crippen molar-refractivity contribution < 1.29 is 29.4 Å². The zero-order chi connectivity index (χ0) is 27.5. The van der Waals surface area contributed by atoms with Crippen LogP contribution < -0.4 is 32.6 Å². The summed E-state index contributed by atoms with van der Waals surface area (Å²) >= 11 is 0.